The van der Waals surface area contributed by atoms with Crippen LogP contribution >= 0.6 is 0 Å². The van der Waals surface area contributed by atoms with Crippen molar-refractivity contribution < 1.29 is 19.4 Å². The van der Waals surface area contributed by atoms with E-state index in [1.54, 1.807) is 0 Å². The summed E-state index contributed by atoms with van der Waals surface area (Å²) in [5, 5.41) is 37.3. The van der Waals surface area contributed by atoms with Gasteiger partial charge < -0.3 is 15.5 Å². The third-order valence-electron chi connectivity index (χ3n) is 3.49. The maximum atomic E-state index is 11.9. The Balaban J connectivity index is 2.22. The molecule has 0 fully saturated rings. The van der Waals surface area contributed by atoms with E-state index in [1.807, 2.05) is 0 Å². The summed E-state index contributed by atoms with van der Waals surface area (Å²) in [5.41, 5.74) is 3.69. The van der Waals surface area contributed by atoms with Crippen molar-refractivity contribution in [3.8, 4) is 0 Å². The number of fused-ring (bicyclic) bond motifs is 3. The van der Waals surface area contributed by atoms with Gasteiger partial charge >= 0.3 is 0 Å². The van der Waals surface area contributed by atoms with E-state index < -0.39 is 11.3 Å². The molecule has 2 aliphatic rings. The minimum Gasteiger partial charge on any atom is -0.622 e. The van der Waals surface area contributed by atoms with Gasteiger partial charge in [0.15, 0.2) is 0 Å². The molecule has 3 N–H and O–H groups in total. The zero-order valence-electron chi connectivity index (χ0n) is 9.21. The van der Waals surface area contributed by atoms with E-state index in [1.165, 1.54) is 6.92 Å². The number of hydroxylamine groups is 1. The maximum absolute atomic E-state index is 11.9. The minimum atomic E-state index is -1.57. The molecule has 0 spiro atoms. The van der Waals surface area contributed by atoms with Crippen LogP contribution in [0, 0.1) is 10.4 Å². The fraction of sp³-hybridized carbons (Fsp3) is 0.667. The van der Waals surface area contributed by atoms with Crippen LogP contribution in [0.25, 0.3) is 0 Å². The van der Waals surface area contributed by atoms with Crippen molar-refractivity contribution in [2.45, 2.75) is 37.5 Å². The molecule has 0 bridgehead atoms. The highest BCUT2D eigenvalue weighted by atomic mass is 16.8. The van der Waals surface area contributed by atoms with E-state index >= 15 is 0 Å². The average Bonchev–Trinajstić information content (AvgIpc) is 2.67. The zero-order valence-corrected chi connectivity index (χ0v) is 9.21. The first kappa shape index (κ1) is 10.5. The topological polar surface area (TPSA) is 125 Å². The molecule has 8 nitrogen and oxygen atoms in total. The first-order valence-corrected chi connectivity index (χ1v) is 5.30. The van der Waals surface area contributed by atoms with Gasteiger partial charge in [0.2, 0.25) is 22.7 Å². The third-order valence-corrected chi connectivity index (χ3v) is 3.49. The number of aliphatic hydroxyl groups is 1. The molecule has 0 aromatic carbocycles. The van der Waals surface area contributed by atoms with Gasteiger partial charge in [0.1, 0.15) is 0 Å². The standard InChI is InChI=1S/C9H12N4O4/c1-8(10)4-9(14)6(12(8)15)3-2-5-7(9)11-17-13(5)16/h14H,2-4,10H2,1H3. The van der Waals surface area contributed by atoms with E-state index in [-0.39, 0.29) is 34.8 Å². The molecular formula is C9H12N4O4. The van der Waals surface area contributed by atoms with Crippen LogP contribution < -0.4 is 10.6 Å². The molecule has 2 atom stereocenters. The van der Waals surface area contributed by atoms with Crippen LogP contribution in [0.3, 0.4) is 0 Å². The highest BCUT2D eigenvalue weighted by Gasteiger charge is 2.62. The molecule has 17 heavy (non-hydrogen) atoms. The summed E-state index contributed by atoms with van der Waals surface area (Å²) < 4.78 is 5.10. The van der Waals surface area contributed by atoms with Crippen LogP contribution in [0.2, 0.25) is 0 Å². The van der Waals surface area contributed by atoms with Crippen molar-refractivity contribution in [3.05, 3.63) is 21.8 Å². The van der Waals surface area contributed by atoms with Gasteiger partial charge in [0.05, 0.1) is 6.42 Å². The summed E-state index contributed by atoms with van der Waals surface area (Å²) in [6, 6.07) is 0. The molecule has 3 rings (SSSR count). The van der Waals surface area contributed by atoms with E-state index in [0.717, 1.165) is 0 Å². The minimum absolute atomic E-state index is 0.00162. The molecule has 2 heterocycles. The Hall–Kier alpha value is -1.67. The molecule has 8 heteroatoms. The van der Waals surface area contributed by atoms with Gasteiger partial charge in [0.25, 0.3) is 5.69 Å². The lowest BCUT2D eigenvalue weighted by Crippen LogP contribution is -2.44. The summed E-state index contributed by atoms with van der Waals surface area (Å²) in [7, 11) is 0. The molecule has 2 unspecified atom stereocenters. The third kappa shape index (κ3) is 1.11. The van der Waals surface area contributed by atoms with Crippen molar-refractivity contribution in [1.29, 1.82) is 0 Å². The zero-order chi connectivity index (χ0) is 12.4. The molecule has 0 saturated carbocycles. The van der Waals surface area contributed by atoms with Crippen LogP contribution in [-0.4, -0.2) is 26.4 Å². The predicted octanol–water partition coefficient (Wildman–Crippen LogP) is -1.53. The predicted molar refractivity (Wildman–Crippen MR) is 53.5 cm³/mol. The number of nitrogens with two attached hydrogens (primary N) is 1. The second-order valence-corrected chi connectivity index (χ2v) is 4.86. The van der Waals surface area contributed by atoms with E-state index in [0.29, 0.717) is 11.2 Å². The quantitative estimate of drug-likeness (QED) is 0.418. The monoisotopic (exact) mass is 240 g/mol. The molecule has 0 amide bonds. The highest BCUT2D eigenvalue weighted by molar-refractivity contribution is 5.92. The lowest BCUT2D eigenvalue weighted by atomic mass is 9.81. The van der Waals surface area contributed by atoms with Crippen molar-refractivity contribution >= 4 is 5.71 Å². The summed E-state index contributed by atoms with van der Waals surface area (Å²) in [4.78, 5) is 0.269. The Bertz CT molecular complexity index is 535. The Kier molecular flexibility index (Phi) is 1.71. The normalized spacial score (nSPS) is 35.9. The van der Waals surface area contributed by atoms with Crippen molar-refractivity contribution in [2.75, 3.05) is 0 Å². The van der Waals surface area contributed by atoms with E-state index in [4.69, 9.17) is 5.73 Å². The van der Waals surface area contributed by atoms with Gasteiger partial charge in [-0.3, -0.25) is 10.4 Å². The van der Waals surface area contributed by atoms with Crippen molar-refractivity contribution in [3.63, 3.8) is 0 Å². The summed E-state index contributed by atoms with van der Waals surface area (Å²) >= 11 is 0. The second-order valence-electron chi connectivity index (χ2n) is 4.86. The highest BCUT2D eigenvalue weighted by Crippen LogP contribution is 2.41. The van der Waals surface area contributed by atoms with Crippen LogP contribution in [0.15, 0.2) is 4.63 Å². The van der Waals surface area contributed by atoms with Gasteiger partial charge in [0, 0.05) is 24.9 Å². The molecule has 1 aliphatic carbocycles. The summed E-state index contributed by atoms with van der Waals surface area (Å²) in [6.07, 6.45) is 0.594. The van der Waals surface area contributed by atoms with E-state index in [9.17, 15) is 15.5 Å². The van der Waals surface area contributed by atoms with Gasteiger partial charge in [-0.1, -0.05) is 0 Å². The number of hydrogen-bond donors (Lipinski definition) is 2. The fourth-order valence-corrected chi connectivity index (χ4v) is 2.72. The largest absolute Gasteiger partial charge is 0.622 e. The van der Waals surface area contributed by atoms with Crippen LogP contribution in [0.4, 0.5) is 0 Å². The van der Waals surface area contributed by atoms with E-state index in [2.05, 4.69) is 9.79 Å². The lowest BCUT2D eigenvalue weighted by Gasteiger charge is -2.20. The Morgan fingerprint density at radius 3 is 2.88 bits per heavy atom. The Morgan fingerprint density at radius 1 is 1.47 bits per heavy atom. The number of nitrogens with zero attached hydrogens (tertiary/aromatic N) is 3. The number of hydrogen-bond acceptors (Lipinski definition) is 6. The molecule has 1 aliphatic heterocycles. The first-order valence-electron chi connectivity index (χ1n) is 5.30. The van der Waals surface area contributed by atoms with Gasteiger partial charge in [-0.05, 0) is 4.90 Å². The van der Waals surface area contributed by atoms with Crippen molar-refractivity contribution in [1.82, 2.24) is 5.16 Å². The van der Waals surface area contributed by atoms with Gasteiger partial charge in [-0.25, -0.2) is 0 Å². The summed E-state index contributed by atoms with van der Waals surface area (Å²) in [5.74, 6) is 0. The van der Waals surface area contributed by atoms with Gasteiger partial charge in [-0.15, -0.1) is 0 Å². The molecule has 0 saturated heterocycles. The van der Waals surface area contributed by atoms with Crippen LogP contribution in [0.5, 0.6) is 0 Å². The van der Waals surface area contributed by atoms with Crippen LogP contribution in [-0.2, 0) is 12.0 Å². The average molecular weight is 240 g/mol. The van der Waals surface area contributed by atoms with Crippen molar-refractivity contribution in [2.24, 2.45) is 5.73 Å². The van der Waals surface area contributed by atoms with Crippen LogP contribution in [0.1, 0.15) is 31.2 Å². The Labute approximate surface area is 96.1 Å². The number of rotatable bonds is 0. The Morgan fingerprint density at radius 2 is 2.18 bits per heavy atom. The molecule has 92 valence electrons. The van der Waals surface area contributed by atoms with Gasteiger partial charge in [-0.2, -0.15) is 4.74 Å². The summed E-state index contributed by atoms with van der Waals surface area (Å²) in [6.45, 7) is 1.54. The lowest BCUT2D eigenvalue weighted by molar-refractivity contribution is -0.808. The maximum Gasteiger partial charge on any atom is 0.263 e. The molecular weight excluding hydrogens is 228 g/mol. The molecule has 0 radical (unpaired) electrons. The second kappa shape index (κ2) is 2.77. The molecule has 1 aromatic heterocycles. The number of aromatic nitrogens is 2. The molecule has 1 aromatic rings. The SMILES string of the molecule is CC1(N)CC2(O)C(=[N+]1[O-])CCc1c2no[n+]1[O-]. The smallest absolute Gasteiger partial charge is 0.263 e. The first-order chi connectivity index (χ1) is 7.86. The fourth-order valence-electron chi connectivity index (χ4n) is 2.72.